The molecule has 1 aliphatic rings. The first-order chi connectivity index (χ1) is 9.47. The summed E-state index contributed by atoms with van der Waals surface area (Å²) in [4.78, 5) is 30.9. The number of urea groups is 1. The Labute approximate surface area is 122 Å². The van der Waals surface area contributed by atoms with Gasteiger partial charge >= 0.3 is 12.0 Å². The Hall–Kier alpha value is -1.63. The van der Waals surface area contributed by atoms with Gasteiger partial charge in [0.15, 0.2) is 0 Å². The van der Waals surface area contributed by atoms with Crippen molar-refractivity contribution < 1.29 is 14.7 Å². The molecule has 20 heavy (non-hydrogen) atoms. The number of hydrogen-bond donors (Lipinski definition) is 1. The van der Waals surface area contributed by atoms with E-state index in [1.807, 2.05) is 12.3 Å². The summed E-state index contributed by atoms with van der Waals surface area (Å²) in [6.45, 7) is 3.31. The van der Waals surface area contributed by atoms with E-state index in [0.717, 1.165) is 17.1 Å². The molecule has 0 bridgehead atoms. The van der Waals surface area contributed by atoms with Crippen LogP contribution < -0.4 is 0 Å². The standard InChI is InChI=1S/C13H19N3O3S/c1-9-14-11(8-20-9)7-15(2)13(19)16-5-3-4-10(6-16)12(17)18/h8,10H,3-7H2,1-2H3,(H,17,18)/t10-/m1/s1. The number of carbonyl (C=O) groups is 2. The molecule has 1 N–H and O–H groups in total. The van der Waals surface area contributed by atoms with Crippen molar-refractivity contribution in [2.75, 3.05) is 20.1 Å². The van der Waals surface area contributed by atoms with Crippen LogP contribution in [0.3, 0.4) is 0 Å². The molecule has 0 radical (unpaired) electrons. The average molecular weight is 297 g/mol. The summed E-state index contributed by atoms with van der Waals surface area (Å²) in [7, 11) is 1.72. The zero-order valence-corrected chi connectivity index (χ0v) is 12.5. The molecule has 7 heteroatoms. The molecule has 0 spiro atoms. The molecule has 0 aromatic carbocycles. The van der Waals surface area contributed by atoms with Crippen molar-refractivity contribution in [3.63, 3.8) is 0 Å². The van der Waals surface area contributed by atoms with E-state index in [1.165, 1.54) is 0 Å². The van der Waals surface area contributed by atoms with E-state index < -0.39 is 11.9 Å². The van der Waals surface area contributed by atoms with E-state index in [9.17, 15) is 9.59 Å². The summed E-state index contributed by atoms with van der Waals surface area (Å²) in [5.41, 5.74) is 0.871. The van der Waals surface area contributed by atoms with Crippen LogP contribution in [0.5, 0.6) is 0 Å². The zero-order chi connectivity index (χ0) is 14.7. The third-order valence-electron chi connectivity index (χ3n) is 3.43. The van der Waals surface area contributed by atoms with Crippen LogP contribution in [0.4, 0.5) is 4.79 Å². The van der Waals surface area contributed by atoms with Gasteiger partial charge in [-0.3, -0.25) is 4.79 Å². The first-order valence-electron chi connectivity index (χ1n) is 6.61. The number of likely N-dealkylation sites (tertiary alicyclic amines) is 1. The molecule has 2 rings (SSSR count). The number of amides is 2. The third-order valence-corrected chi connectivity index (χ3v) is 4.26. The number of aliphatic carboxylic acids is 1. The van der Waals surface area contributed by atoms with Gasteiger partial charge in [-0.05, 0) is 19.8 Å². The Morgan fingerprint density at radius 1 is 1.60 bits per heavy atom. The molecular formula is C13H19N3O3S. The molecule has 1 fully saturated rings. The molecule has 6 nitrogen and oxygen atoms in total. The van der Waals surface area contributed by atoms with Gasteiger partial charge < -0.3 is 14.9 Å². The smallest absolute Gasteiger partial charge is 0.320 e. The van der Waals surface area contributed by atoms with Crippen molar-refractivity contribution in [1.29, 1.82) is 0 Å². The average Bonchev–Trinajstić information content (AvgIpc) is 2.83. The van der Waals surface area contributed by atoms with Crippen molar-refractivity contribution in [3.8, 4) is 0 Å². The predicted molar refractivity (Wildman–Crippen MR) is 75.6 cm³/mol. The lowest BCUT2D eigenvalue weighted by molar-refractivity contribution is -0.143. The molecule has 1 aromatic rings. The molecule has 0 unspecified atom stereocenters. The van der Waals surface area contributed by atoms with E-state index in [2.05, 4.69) is 4.98 Å². The van der Waals surface area contributed by atoms with E-state index in [-0.39, 0.29) is 6.03 Å². The zero-order valence-electron chi connectivity index (χ0n) is 11.7. The van der Waals surface area contributed by atoms with Gasteiger partial charge in [-0.2, -0.15) is 0 Å². The normalized spacial score (nSPS) is 18.9. The van der Waals surface area contributed by atoms with Crippen LogP contribution in [0.1, 0.15) is 23.5 Å². The van der Waals surface area contributed by atoms with Crippen molar-refractivity contribution in [3.05, 3.63) is 16.1 Å². The van der Waals surface area contributed by atoms with Crippen molar-refractivity contribution in [2.24, 2.45) is 5.92 Å². The number of aryl methyl sites for hydroxylation is 1. The summed E-state index contributed by atoms with van der Waals surface area (Å²) in [6.07, 6.45) is 1.39. The van der Waals surface area contributed by atoms with Crippen LogP contribution in [0.2, 0.25) is 0 Å². The fraction of sp³-hybridized carbons (Fsp3) is 0.615. The summed E-state index contributed by atoms with van der Waals surface area (Å²) in [5.74, 6) is -1.26. The fourth-order valence-electron chi connectivity index (χ4n) is 2.39. The maximum absolute atomic E-state index is 12.3. The van der Waals surface area contributed by atoms with Gasteiger partial charge in [0.05, 0.1) is 23.2 Å². The maximum Gasteiger partial charge on any atom is 0.320 e. The highest BCUT2D eigenvalue weighted by atomic mass is 32.1. The molecule has 0 saturated carbocycles. The number of piperidine rings is 1. The van der Waals surface area contributed by atoms with E-state index in [0.29, 0.717) is 26.1 Å². The second-order valence-electron chi connectivity index (χ2n) is 5.12. The van der Waals surface area contributed by atoms with Crippen LogP contribution >= 0.6 is 11.3 Å². The molecule has 0 aliphatic carbocycles. The Morgan fingerprint density at radius 3 is 2.95 bits per heavy atom. The molecule has 1 aliphatic heterocycles. The molecule has 110 valence electrons. The SMILES string of the molecule is Cc1nc(CN(C)C(=O)N2CCC[C@@H](C(=O)O)C2)cs1. The molecule has 1 aromatic heterocycles. The predicted octanol–water partition coefficient (Wildman–Crippen LogP) is 1.80. The van der Waals surface area contributed by atoms with E-state index in [4.69, 9.17) is 5.11 Å². The number of carbonyl (C=O) groups excluding carboxylic acids is 1. The number of carboxylic acids is 1. The number of carboxylic acid groups (broad SMARTS) is 1. The lowest BCUT2D eigenvalue weighted by Crippen LogP contribution is -2.47. The topological polar surface area (TPSA) is 73.7 Å². The number of aromatic nitrogens is 1. The number of nitrogens with zero attached hydrogens (tertiary/aromatic N) is 3. The van der Waals surface area contributed by atoms with Gasteiger partial charge in [-0.15, -0.1) is 11.3 Å². The highest BCUT2D eigenvalue weighted by Gasteiger charge is 2.29. The second kappa shape index (κ2) is 6.21. The Bertz CT molecular complexity index is 503. The van der Waals surface area contributed by atoms with Crippen LogP contribution in [-0.2, 0) is 11.3 Å². The summed E-state index contributed by atoms with van der Waals surface area (Å²) in [6, 6.07) is -0.124. The van der Waals surface area contributed by atoms with Crippen LogP contribution in [0.25, 0.3) is 0 Å². The number of rotatable bonds is 3. The first kappa shape index (κ1) is 14.8. The lowest BCUT2D eigenvalue weighted by Gasteiger charge is -2.33. The van der Waals surface area contributed by atoms with Crippen molar-refractivity contribution in [1.82, 2.24) is 14.8 Å². The van der Waals surface area contributed by atoms with E-state index >= 15 is 0 Å². The van der Waals surface area contributed by atoms with Crippen molar-refractivity contribution >= 4 is 23.3 Å². The molecule has 1 atom stereocenters. The lowest BCUT2D eigenvalue weighted by atomic mass is 9.99. The van der Waals surface area contributed by atoms with Crippen LogP contribution in [0.15, 0.2) is 5.38 Å². The summed E-state index contributed by atoms with van der Waals surface area (Å²) >= 11 is 1.56. The van der Waals surface area contributed by atoms with Crippen LogP contribution in [0, 0.1) is 12.8 Å². The van der Waals surface area contributed by atoms with Gasteiger partial charge in [0, 0.05) is 25.5 Å². The number of hydrogen-bond acceptors (Lipinski definition) is 4. The van der Waals surface area contributed by atoms with Gasteiger partial charge in [0.25, 0.3) is 0 Å². The van der Waals surface area contributed by atoms with Gasteiger partial charge in [-0.25, -0.2) is 9.78 Å². The van der Waals surface area contributed by atoms with E-state index in [1.54, 1.807) is 28.2 Å². The molecular weight excluding hydrogens is 278 g/mol. The second-order valence-corrected chi connectivity index (χ2v) is 6.18. The van der Waals surface area contributed by atoms with Crippen LogP contribution in [-0.4, -0.2) is 52.0 Å². The highest BCUT2D eigenvalue weighted by Crippen LogP contribution is 2.18. The Balaban J connectivity index is 1.94. The quantitative estimate of drug-likeness (QED) is 0.923. The fourth-order valence-corrected chi connectivity index (χ4v) is 2.99. The molecule has 2 amide bonds. The molecule has 2 heterocycles. The Kier molecular flexibility index (Phi) is 4.59. The summed E-state index contributed by atoms with van der Waals surface area (Å²) < 4.78 is 0. The van der Waals surface area contributed by atoms with Gasteiger partial charge in [0.1, 0.15) is 0 Å². The minimum Gasteiger partial charge on any atom is -0.481 e. The first-order valence-corrected chi connectivity index (χ1v) is 7.49. The Morgan fingerprint density at radius 2 is 2.35 bits per heavy atom. The van der Waals surface area contributed by atoms with Crippen molar-refractivity contribution in [2.45, 2.75) is 26.3 Å². The minimum atomic E-state index is -0.819. The monoisotopic (exact) mass is 297 g/mol. The van der Waals surface area contributed by atoms with Gasteiger partial charge in [-0.1, -0.05) is 0 Å². The third kappa shape index (κ3) is 3.47. The molecule has 1 saturated heterocycles. The highest BCUT2D eigenvalue weighted by molar-refractivity contribution is 7.09. The largest absolute Gasteiger partial charge is 0.481 e. The minimum absolute atomic E-state index is 0.124. The van der Waals surface area contributed by atoms with Gasteiger partial charge in [0.2, 0.25) is 0 Å². The maximum atomic E-state index is 12.3. The summed E-state index contributed by atoms with van der Waals surface area (Å²) in [5, 5.41) is 12.0. The number of thiazole rings is 1.